The van der Waals surface area contributed by atoms with Crippen LogP contribution < -0.4 is 10.1 Å². The van der Waals surface area contributed by atoms with Crippen molar-refractivity contribution in [2.45, 2.75) is 69.9 Å². The van der Waals surface area contributed by atoms with Gasteiger partial charge < -0.3 is 19.5 Å². The van der Waals surface area contributed by atoms with Crippen molar-refractivity contribution in [3.8, 4) is 18.1 Å². The third-order valence-electron chi connectivity index (χ3n) is 8.58. The predicted molar refractivity (Wildman–Crippen MR) is 161 cm³/mol. The van der Waals surface area contributed by atoms with E-state index >= 15 is 0 Å². The number of benzene rings is 1. The van der Waals surface area contributed by atoms with E-state index in [4.69, 9.17) is 20.6 Å². The summed E-state index contributed by atoms with van der Waals surface area (Å²) < 4.78 is 16.1. The zero-order valence-electron chi connectivity index (χ0n) is 25.4. The molecule has 1 aliphatic carbocycles. The van der Waals surface area contributed by atoms with Crippen LogP contribution in [0.3, 0.4) is 0 Å². The lowest BCUT2D eigenvalue weighted by atomic mass is 9.83. The minimum absolute atomic E-state index is 0.00794. The van der Waals surface area contributed by atoms with E-state index < -0.39 is 29.4 Å². The topological polar surface area (TPSA) is 115 Å². The van der Waals surface area contributed by atoms with Crippen molar-refractivity contribution in [3.63, 3.8) is 0 Å². The monoisotopic (exact) mass is 592 g/mol. The number of methoxy groups -OCH3 is 1. The average Bonchev–Trinajstić information content (AvgIpc) is 3.54. The van der Waals surface area contributed by atoms with Crippen LogP contribution in [0.15, 0.2) is 35.9 Å². The van der Waals surface area contributed by atoms with Crippen molar-refractivity contribution < 1.29 is 33.4 Å². The Morgan fingerprint density at radius 1 is 1.09 bits per heavy atom. The molecule has 43 heavy (non-hydrogen) atoms. The van der Waals surface area contributed by atoms with E-state index in [0.717, 1.165) is 24.8 Å². The van der Waals surface area contributed by atoms with Gasteiger partial charge in [0, 0.05) is 38.3 Å². The summed E-state index contributed by atoms with van der Waals surface area (Å²) in [6, 6.07) is 6.40. The van der Waals surface area contributed by atoms with Gasteiger partial charge in [0.15, 0.2) is 11.6 Å². The highest BCUT2D eigenvalue weighted by atomic mass is 16.6. The summed E-state index contributed by atoms with van der Waals surface area (Å²) >= 11 is 0. The van der Waals surface area contributed by atoms with E-state index in [2.05, 4.69) is 17.3 Å². The molecule has 1 N–H and O–H groups in total. The quantitative estimate of drug-likeness (QED) is 0.167. The summed E-state index contributed by atoms with van der Waals surface area (Å²) in [7, 11) is 1.58. The van der Waals surface area contributed by atoms with E-state index in [1.807, 2.05) is 17.0 Å². The zero-order chi connectivity index (χ0) is 30.8. The van der Waals surface area contributed by atoms with Crippen molar-refractivity contribution in [1.29, 1.82) is 0 Å². The van der Waals surface area contributed by atoms with Crippen LogP contribution in [0, 0.1) is 24.2 Å². The largest absolute Gasteiger partial charge is 0.497 e. The molecule has 9 nitrogen and oxygen atoms in total. The van der Waals surface area contributed by atoms with E-state index in [9.17, 15) is 19.2 Å². The lowest BCUT2D eigenvalue weighted by molar-refractivity contribution is -0.134. The zero-order valence-corrected chi connectivity index (χ0v) is 25.4. The molecule has 4 atom stereocenters. The van der Waals surface area contributed by atoms with Crippen molar-refractivity contribution in [2.24, 2.45) is 11.8 Å². The Morgan fingerprint density at radius 3 is 2.42 bits per heavy atom. The maximum absolute atomic E-state index is 13.9. The summed E-state index contributed by atoms with van der Waals surface area (Å²) in [5.41, 5.74) is 1.17. The highest BCUT2D eigenvalue weighted by Gasteiger charge is 2.50. The van der Waals surface area contributed by atoms with Crippen LogP contribution in [0.2, 0.25) is 0 Å². The van der Waals surface area contributed by atoms with Gasteiger partial charge in [-0.25, -0.2) is 0 Å². The molecule has 0 spiro atoms. The Hall–Kier alpha value is -3.32. The molecule has 2 heterocycles. The standard InChI is InChI=1S/C34H44N2O7/c1-4-7-26(20-28(37)22-36-14-16-42-17-15-36)33(40)35-30(19-25-10-12-29(41-3)13-11-25)31(38)21-27(18-24-8-5-6-9-24)32(39)34(2)23-43-34/h1,8,10-13,26-27,30H,5-7,9,14-23H2,2-3H3,(H,35,40)/t26-,27-,30+,34-/m1/s1. The molecule has 1 aromatic rings. The molecule has 232 valence electrons. The van der Waals surface area contributed by atoms with Gasteiger partial charge in [-0.05, 0) is 56.7 Å². The second-order valence-corrected chi connectivity index (χ2v) is 12.1. The Kier molecular flexibility index (Phi) is 11.7. The number of allylic oxidation sites excluding steroid dienone is 2. The van der Waals surface area contributed by atoms with E-state index in [0.29, 0.717) is 45.1 Å². The third-order valence-corrected chi connectivity index (χ3v) is 8.58. The molecule has 0 saturated carbocycles. The Labute approximate surface area is 254 Å². The van der Waals surface area contributed by atoms with Gasteiger partial charge in [-0.15, -0.1) is 12.3 Å². The summed E-state index contributed by atoms with van der Waals surface area (Å²) in [6.45, 7) is 4.82. The van der Waals surface area contributed by atoms with Crippen molar-refractivity contribution in [1.82, 2.24) is 10.2 Å². The van der Waals surface area contributed by atoms with Crippen LogP contribution in [-0.4, -0.2) is 86.4 Å². The van der Waals surface area contributed by atoms with E-state index in [1.165, 1.54) is 5.57 Å². The highest BCUT2D eigenvalue weighted by molar-refractivity contribution is 5.97. The number of Topliss-reactive ketones (excluding diaryl/α,β-unsaturated/α-hetero) is 3. The first-order valence-corrected chi connectivity index (χ1v) is 15.3. The van der Waals surface area contributed by atoms with Crippen molar-refractivity contribution in [3.05, 3.63) is 41.5 Å². The van der Waals surface area contributed by atoms with Crippen LogP contribution in [-0.2, 0) is 35.1 Å². The summed E-state index contributed by atoms with van der Waals surface area (Å²) in [4.78, 5) is 55.8. The number of hydrogen-bond donors (Lipinski definition) is 1. The molecular formula is C34H44N2O7. The van der Waals surface area contributed by atoms with Gasteiger partial charge in [0.2, 0.25) is 5.91 Å². The molecule has 3 aliphatic rings. The molecule has 0 radical (unpaired) electrons. The van der Waals surface area contributed by atoms with Crippen LogP contribution in [0.4, 0.5) is 0 Å². The molecule has 9 heteroatoms. The lowest BCUT2D eigenvalue weighted by Crippen LogP contribution is -2.47. The summed E-state index contributed by atoms with van der Waals surface area (Å²) in [6.07, 6.45) is 11.5. The molecule has 2 saturated heterocycles. The number of hydrogen-bond acceptors (Lipinski definition) is 8. The number of epoxide rings is 1. The van der Waals surface area contributed by atoms with Crippen LogP contribution >= 0.6 is 0 Å². The van der Waals surface area contributed by atoms with Gasteiger partial charge in [0.25, 0.3) is 0 Å². The Bertz CT molecular complexity index is 1220. The molecule has 0 bridgehead atoms. The molecule has 2 aliphatic heterocycles. The number of ketones is 3. The number of amides is 1. The lowest BCUT2D eigenvalue weighted by Gasteiger charge is -2.27. The van der Waals surface area contributed by atoms with E-state index in [-0.39, 0.29) is 49.6 Å². The van der Waals surface area contributed by atoms with Crippen LogP contribution in [0.5, 0.6) is 5.75 Å². The number of terminal acetylenes is 1. The Morgan fingerprint density at radius 2 is 1.81 bits per heavy atom. The first-order valence-electron chi connectivity index (χ1n) is 15.3. The number of ether oxygens (including phenoxy) is 3. The minimum Gasteiger partial charge on any atom is -0.497 e. The third kappa shape index (κ3) is 9.59. The molecule has 1 aromatic carbocycles. The second-order valence-electron chi connectivity index (χ2n) is 12.1. The van der Waals surface area contributed by atoms with Crippen LogP contribution in [0.25, 0.3) is 0 Å². The maximum atomic E-state index is 13.9. The molecular weight excluding hydrogens is 548 g/mol. The first-order chi connectivity index (χ1) is 20.7. The van der Waals surface area contributed by atoms with Crippen LogP contribution in [0.1, 0.15) is 57.4 Å². The fourth-order valence-corrected chi connectivity index (χ4v) is 5.84. The van der Waals surface area contributed by atoms with Gasteiger partial charge in [0.05, 0.1) is 45.4 Å². The molecule has 4 rings (SSSR count). The molecule has 0 aromatic heterocycles. The number of rotatable bonds is 17. The molecule has 1 amide bonds. The van der Waals surface area contributed by atoms with Crippen molar-refractivity contribution >= 4 is 23.3 Å². The second kappa shape index (κ2) is 15.4. The smallest absolute Gasteiger partial charge is 0.225 e. The van der Waals surface area contributed by atoms with Gasteiger partial charge in [-0.3, -0.25) is 24.1 Å². The minimum atomic E-state index is -0.892. The summed E-state index contributed by atoms with van der Waals surface area (Å²) in [5.74, 6) is 1.10. The highest BCUT2D eigenvalue weighted by Crippen LogP contribution is 2.35. The number of carbonyl (C=O) groups is 4. The SMILES string of the molecule is C#CC[C@H](CC(=O)CN1CCOCC1)C(=O)N[C@@H](Cc1ccc(OC)cc1)C(=O)C[C@@H](CC1=CCCC1)C(=O)[C@@]1(C)CO1. The average molecular weight is 593 g/mol. The number of nitrogens with one attached hydrogen (secondary N) is 1. The number of carbonyl (C=O) groups excluding carboxylic acids is 4. The molecule has 0 unspecified atom stereocenters. The first kappa shape index (κ1) is 32.6. The van der Waals surface area contributed by atoms with Gasteiger partial charge in [-0.2, -0.15) is 0 Å². The fraction of sp³-hybridized carbons (Fsp3) is 0.588. The Balaban J connectivity index is 1.49. The number of morpholine rings is 1. The van der Waals surface area contributed by atoms with Gasteiger partial charge in [-0.1, -0.05) is 23.8 Å². The number of nitrogens with zero attached hydrogens (tertiary/aromatic N) is 1. The normalized spacial score (nSPS) is 22.0. The van der Waals surface area contributed by atoms with Gasteiger partial charge >= 0.3 is 0 Å². The predicted octanol–water partition coefficient (Wildman–Crippen LogP) is 3.09. The van der Waals surface area contributed by atoms with Crippen molar-refractivity contribution in [2.75, 3.05) is 46.6 Å². The molecule has 2 fully saturated rings. The fourth-order valence-electron chi connectivity index (χ4n) is 5.84. The maximum Gasteiger partial charge on any atom is 0.225 e. The van der Waals surface area contributed by atoms with Gasteiger partial charge in [0.1, 0.15) is 17.1 Å². The van der Waals surface area contributed by atoms with E-state index in [1.54, 1.807) is 26.2 Å². The summed E-state index contributed by atoms with van der Waals surface area (Å²) in [5, 5.41) is 2.92.